The van der Waals surface area contributed by atoms with Crippen LogP contribution in [0.3, 0.4) is 0 Å². The number of aromatic nitrogens is 4. The number of anilines is 1. The van der Waals surface area contributed by atoms with Gasteiger partial charge >= 0.3 is 0 Å². The topological polar surface area (TPSA) is 131 Å². The van der Waals surface area contributed by atoms with Crippen molar-refractivity contribution in [3.63, 3.8) is 0 Å². The lowest BCUT2D eigenvalue weighted by molar-refractivity contribution is 0.0943. The van der Waals surface area contributed by atoms with Crippen LogP contribution in [0.1, 0.15) is 54.5 Å². The molecule has 0 aromatic carbocycles. The Bertz CT molecular complexity index is 1220. The van der Waals surface area contributed by atoms with Crippen LogP contribution in [-0.4, -0.2) is 42.1 Å². The predicted octanol–water partition coefficient (Wildman–Crippen LogP) is 1.79. The predicted molar refractivity (Wildman–Crippen MR) is 113 cm³/mol. The summed E-state index contributed by atoms with van der Waals surface area (Å²) < 4.78 is 2.42. The Labute approximate surface area is 177 Å². The van der Waals surface area contributed by atoms with Gasteiger partial charge in [0.1, 0.15) is 11.5 Å². The van der Waals surface area contributed by atoms with Crippen molar-refractivity contribution in [1.82, 2.24) is 24.5 Å². The molecule has 1 saturated carbocycles. The van der Waals surface area contributed by atoms with Crippen molar-refractivity contribution in [3.05, 3.63) is 52.1 Å². The average Bonchev–Trinajstić information content (AvgIpc) is 3.38. The van der Waals surface area contributed by atoms with Gasteiger partial charge in [-0.1, -0.05) is 26.8 Å². The summed E-state index contributed by atoms with van der Waals surface area (Å²) >= 11 is 0. The van der Waals surface area contributed by atoms with Gasteiger partial charge in [0, 0.05) is 24.8 Å². The summed E-state index contributed by atoms with van der Waals surface area (Å²) in [6.07, 6.45) is 3.21. The van der Waals surface area contributed by atoms with E-state index in [4.69, 9.17) is 0 Å². The van der Waals surface area contributed by atoms with Gasteiger partial charge in [-0.3, -0.25) is 19.0 Å². The van der Waals surface area contributed by atoms with Crippen LogP contribution in [-0.2, 0) is 6.54 Å². The molecule has 3 aromatic rings. The quantitative estimate of drug-likeness (QED) is 0.572. The van der Waals surface area contributed by atoms with Gasteiger partial charge in [0.25, 0.3) is 17.4 Å². The summed E-state index contributed by atoms with van der Waals surface area (Å²) in [7, 11) is 0. The van der Waals surface area contributed by atoms with E-state index in [0.29, 0.717) is 5.82 Å². The molecule has 1 aliphatic carbocycles. The summed E-state index contributed by atoms with van der Waals surface area (Å²) in [5.41, 5.74) is -1.14. The van der Waals surface area contributed by atoms with E-state index >= 15 is 0 Å². The van der Waals surface area contributed by atoms with Gasteiger partial charge in [-0.15, -0.1) is 0 Å². The highest BCUT2D eigenvalue weighted by molar-refractivity contribution is 6.03. The van der Waals surface area contributed by atoms with Gasteiger partial charge in [0.05, 0.1) is 0 Å². The molecule has 0 unspecified atom stereocenters. The Morgan fingerprint density at radius 1 is 1.23 bits per heavy atom. The maximum absolute atomic E-state index is 13.2. The SMILES string of the molecule is CC(C)(C)Cn1c(=O)c(C(=O)NC2CC2)c(O)n2nc(C(=O)Nc3ccccn3)cc12. The number of aromatic hydroxyl groups is 1. The summed E-state index contributed by atoms with van der Waals surface area (Å²) in [5.74, 6) is -1.46. The fraction of sp³-hybridized carbons (Fsp3) is 0.381. The van der Waals surface area contributed by atoms with Crippen LogP contribution in [0.4, 0.5) is 5.82 Å². The highest BCUT2D eigenvalue weighted by Crippen LogP contribution is 2.24. The number of amides is 2. The molecular formula is C21H24N6O4. The molecule has 31 heavy (non-hydrogen) atoms. The fourth-order valence-electron chi connectivity index (χ4n) is 3.20. The molecule has 0 aliphatic heterocycles. The molecule has 2 amide bonds. The molecule has 0 saturated heterocycles. The Kier molecular flexibility index (Phi) is 5.00. The monoisotopic (exact) mass is 424 g/mol. The third-order valence-electron chi connectivity index (χ3n) is 4.76. The van der Waals surface area contributed by atoms with E-state index in [0.717, 1.165) is 17.4 Å². The summed E-state index contributed by atoms with van der Waals surface area (Å²) in [4.78, 5) is 42.6. The number of nitrogens with zero attached hydrogens (tertiary/aromatic N) is 4. The van der Waals surface area contributed by atoms with Crippen LogP contribution in [0.15, 0.2) is 35.3 Å². The van der Waals surface area contributed by atoms with Crippen LogP contribution >= 0.6 is 0 Å². The number of pyridine rings is 1. The van der Waals surface area contributed by atoms with Crippen LogP contribution in [0.25, 0.3) is 5.65 Å². The van der Waals surface area contributed by atoms with Crippen molar-refractivity contribution in [2.75, 3.05) is 5.32 Å². The molecule has 3 aromatic heterocycles. The number of hydrogen-bond donors (Lipinski definition) is 3. The number of carbonyl (C=O) groups excluding carboxylic acids is 2. The lowest BCUT2D eigenvalue weighted by Crippen LogP contribution is -2.37. The minimum atomic E-state index is -0.649. The Morgan fingerprint density at radius 2 is 1.97 bits per heavy atom. The lowest BCUT2D eigenvalue weighted by atomic mass is 9.97. The molecular weight excluding hydrogens is 400 g/mol. The van der Waals surface area contributed by atoms with E-state index < -0.39 is 23.3 Å². The van der Waals surface area contributed by atoms with E-state index in [2.05, 4.69) is 20.7 Å². The number of carbonyl (C=O) groups is 2. The highest BCUT2D eigenvalue weighted by atomic mass is 16.3. The van der Waals surface area contributed by atoms with Gasteiger partial charge in [0.2, 0.25) is 5.88 Å². The Morgan fingerprint density at radius 3 is 2.58 bits per heavy atom. The molecule has 10 heteroatoms. The average molecular weight is 424 g/mol. The first-order chi connectivity index (χ1) is 14.6. The fourth-order valence-corrected chi connectivity index (χ4v) is 3.20. The number of hydrogen-bond acceptors (Lipinski definition) is 6. The van der Waals surface area contributed by atoms with Crippen molar-refractivity contribution >= 4 is 23.3 Å². The van der Waals surface area contributed by atoms with E-state index in [1.165, 1.54) is 16.8 Å². The first-order valence-electron chi connectivity index (χ1n) is 10.0. The third kappa shape index (κ3) is 4.27. The van der Waals surface area contributed by atoms with Crippen molar-refractivity contribution in [1.29, 1.82) is 0 Å². The minimum absolute atomic E-state index is 0.00963. The van der Waals surface area contributed by atoms with Gasteiger partial charge in [-0.25, -0.2) is 4.98 Å². The van der Waals surface area contributed by atoms with Crippen molar-refractivity contribution in [2.45, 2.75) is 46.2 Å². The first-order valence-corrected chi connectivity index (χ1v) is 10.0. The molecule has 1 fully saturated rings. The second-order valence-electron chi connectivity index (χ2n) is 8.87. The zero-order chi connectivity index (χ0) is 22.3. The van der Waals surface area contributed by atoms with E-state index in [-0.39, 0.29) is 34.9 Å². The second-order valence-corrected chi connectivity index (χ2v) is 8.87. The van der Waals surface area contributed by atoms with Crippen LogP contribution in [0.5, 0.6) is 5.88 Å². The number of rotatable bonds is 5. The third-order valence-corrected chi connectivity index (χ3v) is 4.76. The van der Waals surface area contributed by atoms with Gasteiger partial charge in [-0.05, 0) is 30.4 Å². The van der Waals surface area contributed by atoms with E-state index in [1.807, 2.05) is 20.8 Å². The largest absolute Gasteiger partial charge is 0.492 e. The minimum Gasteiger partial charge on any atom is -0.492 e. The van der Waals surface area contributed by atoms with Gasteiger partial charge in [0.15, 0.2) is 11.3 Å². The van der Waals surface area contributed by atoms with Gasteiger partial charge < -0.3 is 15.7 Å². The van der Waals surface area contributed by atoms with Crippen molar-refractivity contribution in [2.24, 2.45) is 5.41 Å². The summed E-state index contributed by atoms with van der Waals surface area (Å²) in [5, 5.41) is 20.2. The number of fused-ring (bicyclic) bond motifs is 1. The molecule has 10 nitrogen and oxygen atoms in total. The second kappa shape index (κ2) is 7.53. The normalized spacial score (nSPS) is 13.9. The van der Waals surface area contributed by atoms with Crippen molar-refractivity contribution in [3.8, 4) is 5.88 Å². The highest BCUT2D eigenvalue weighted by Gasteiger charge is 2.30. The summed E-state index contributed by atoms with van der Waals surface area (Å²) in [6.45, 7) is 6.08. The maximum Gasteiger partial charge on any atom is 0.277 e. The molecule has 1 aliphatic rings. The first kappa shape index (κ1) is 20.6. The zero-order valence-electron chi connectivity index (χ0n) is 17.5. The lowest BCUT2D eigenvalue weighted by Gasteiger charge is -2.21. The molecule has 0 spiro atoms. The summed E-state index contributed by atoms with van der Waals surface area (Å²) in [6, 6.07) is 6.49. The molecule has 3 heterocycles. The molecule has 3 N–H and O–H groups in total. The van der Waals surface area contributed by atoms with Crippen LogP contribution in [0.2, 0.25) is 0 Å². The van der Waals surface area contributed by atoms with E-state index in [9.17, 15) is 19.5 Å². The molecule has 0 radical (unpaired) electrons. The molecule has 0 bridgehead atoms. The Balaban J connectivity index is 1.82. The van der Waals surface area contributed by atoms with Crippen LogP contribution in [0, 0.1) is 5.41 Å². The standard InChI is InChI=1S/C21H24N6O4/c1-21(2,3)11-26-15-10-13(17(28)24-14-6-4-5-9-22-14)25-27(15)20(31)16(19(26)30)18(29)23-12-7-8-12/h4-6,9-10,12,31H,7-8,11H2,1-3H3,(H,23,29)(H,22,24,28). The smallest absolute Gasteiger partial charge is 0.277 e. The van der Waals surface area contributed by atoms with Gasteiger partial charge in [-0.2, -0.15) is 9.61 Å². The molecule has 0 atom stereocenters. The molecule has 4 rings (SSSR count). The zero-order valence-corrected chi connectivity index (χ0v) is 17.5. The van der Waals surface area contributed by atoms with Crippen molar-refractivity contribution < 1.29 is 14.7 Å². The Hall–Kier alpha value is -3.69. The maximum atomic E-state index is 13.2. The number of nitrogens with one attached hydrogen (secondary N) is 2. The van der Waals surface area contributed by atoms with Crippen LogP contribution < -0.4 is 16.2 Å². The molecule has 162 valence electrons. The van der Waals surface area contributed by atoms with E-state index in [1.54, 1.807) is 18.2 Å².